The van der Waals surface area contributed by atoms with Gasteiger partial charge >= 0.3 is 0 Å². The molecule has 26 heavy (non-hydrogen) atoms. The molecule has 0 aliphatic rings. The summed E-state index contributed by atoms with van der Waals surface area (Å²) in [6.45, 7) is 2.79. The van der Waals surface area contributed by atoms with E-state index in [0.717, 1.165) is 5.56 Å². The quantitative estimate of drug-likeness (QED) is 0.705. The Morgan fingerprint density at radius 1 is 1.04 bits per heavy atom. The van der Waals surface area contributed by atoms with E-state index in [0.29, 0.717) is 30.0 Å². The van der Waals surface area contributed by atoms with Crippen molar-refractivity contribution in [1.82, 2.24) is 10.3 Å². The highest BCUT2D eigenvalue weighted by Gasteiger charge is 2.08. The Balaban J connectivity index is 1.60. The molecular weight excluding hydrogens is 329 g/mol. The normalized spacial score (nSPS) is 10.4. The summed E-state index contributed by atoms with van der Waals surface area (Å²) in [5.41, 5.74) is 3.79. The Bertz CT molecular complexity index is 894. The van der Waals surface area contributed by atoms with E-state index in [2.05, 4.69) is 15.6 Å². The average molecular weight is 349 g/mol. The van der Waals surface area contributed by atoms with Gasteiger partial charge in [0.1, 0.15) is 11.5 Å². The van der Waals surface area contributed by atoms with E-state index < -0.39 is 0 Å². The molecule has 132 valence electrons. The van der Waals surface area contributed by atoms with Gasteiger partial charge in [-0.1, -0.05) is 48.0 Å². The summed E-state index contributed by atoms with van der Waals surface area (Å²) < 4.78 is 13.7. The van der Waals surface area contributed by atoms with Crippen LogP contribution in [-0.4, -0.2) is 10.9 Å². The molecule has 0 atom stereocenters. The first-order chi connectivity index (χ1) is 12.6. The zero-order valence-electron chi connectivity index (χ0n) is 14.5. The predicted molar refractivity (Wildman–Crippen MR) is 100 cm³/mol. The number of hydrogen-bond acceptors (Lipinski definition) is 3. The van der Waals surface area contributed by atoms with Gasteiger partial charge in [-0.15, -0.1) is 0 Å². The van der Waals surface area contributed by atoms with Crippen molar-refractivity contribution >= 4 is 11.6 Å². The lowest BCUT2D eigenvalue weighted by Crippen LogP contribution is -2.23. The fourth-order valence-corrected chi connectivity index (χ4v) is 2.48. The summed E-state index contributed by atoms with van der Waals surface area (Å²) in [6, 6.07) is 18.0. The molecule has 1 aromatic heterocycles. The lowest BCUT2D eigenvalue weighted by molar-refractivity contribution is 0.0946. The van der Waals surface area contributed by atoms with E-state index in [1.807, 2.05) is 31.2 Å². The molecule has 3 aromatic rings. The third-order valence-corrected chi connectivity index (χ3v) is 4.01. The molecule has 0 saturated heterocycles. The van der Waals surface area contributed by atoms with Gasteiger partial charge in [0.2, 0.25) is 0 Å². The Labute approximate surface area is 152 Å². The maximum Gasteiger partial charge on any atom is 0.270 e. The maximum absolute atomic E-state index is 13.7. The number of carbonyl (C=O) groups excluding carboxylic acids is 1. The number of amides is 1. The number of benzene rings is 2. The lowest BCUT2D eigenvalue weighted by Gasteiger charge is -2.09. The van der Waals surface area contributed by atoms with Gasteiger partial charge in [-0.05, 0) is 30.7 Å². The third kappa shape index (κ3) is 4.66. The molecule has 0 saturated carbocycles. The molecule has 2 aromatic carbocycles. The van der Waals surface area contributed by atoms with Crippen LogP contribution in [-0.2, 0) is 13.1 Å². The summed E-state index contributed by atoms with van der Waals surface area (Å²) >= 11 is 0. The van der Waals surface area contributed by atoms with Crippen molar-refractivity contribution in [3.63, 3.8) is 0 Å². The van der Waals surface area contributed by atoms with Crippen LogP contribution in [0.5, 0.6) is 0 Å². The van der Waals surface area contributed by atoms with Crippen molar-refractivity contribution in [3.8, 4) is 0 Å². The first-order valence-corrected chi connectivity index (χ1v) is 8.39. The summed E-state index contributed by atoms with van der Waals surface area (Å²) in [6.07, 6.45) is 1.56. The standard InChI is InChI=1S/C21H20FN3O/c1-15-6-8-16(9-7-15)13-25-21(26)20-12-18(10-11-23-20)24-14-17-4-2-3-5-19(17)22/h2-12H,13-14H2,1H3,(H,23,24)(H,25,26). The van der Waals surface area contributed by atoms with Crippen molar-refractivity contribution in [2.45, 2.75) is 20.0 Å². The Morgan fingerprint density at radius 3 is 2.58 bits per heavy atom. The van der Waals surface area contributed by atoms with E-state index in [4.69, 9.17) is 0 Å². The highest BCUT2D eigenvalue weighted by Crippen LogP contribution is 2.12. The number of nitrogens with one attached hydrogen (secondary N) is 2. The Morgan fingerprint density at radius 2 is 1.81 bits per heavy atom. The van der Waals surface area contributed by atoms with E-state index >= 15 is 0 Å². The molecule has 2 N–H and O–H groups in total. The molecule has 0 unspecified atom stereocenters. The average Bonchev–Trinajstić information content (AvgIpc) is 2.67. The number of pyridine rings is 1. The number of anilines is 1. The van der Waals surface area contributed by atoms with E-state index in [9.17, 15) is 9.18 Å². The molecule has 1 heterocycles. The lowest BCUT2D eigenvalue weighted by atomic mass is 10.1. The van der Waals surface area contributed by atoms with Crippen LogP contribution < -0.4 is 10.6 Å². The molecule has 0 fully saturated rings. The topological polar surface area (TPSA) is 54.0 Å². The van der Waals surface area contributed by atoms with Crippen molar-refractivity contribution < 1.29 is 9.18 Å². The van der Waals surface area contributed by atoms with Gasteiger partial charge in [0, 0.05) is 30.5 Å². The van der Waals surface area contributed by atoms with Gasteiger partial charge < -0.3 is 10.6 Å². The summed E-state index contributed by atoms with van der Waals surface area (Å²) in [5, 5.41) is 5.97. The van der Waals surface area contributed by atoms with Gasteiger partial charge in [0.15, 0.2) is 0 Å². The zero-order chi connectivity index (χ0) is 18.4. The number of carbonyl (C=O) groups is 1. The fraction of sp³-hybridized carbons (Fsp3) is 0.143. The molecule has 0 radical (unpaired) electrons. The number of rotatable bonds is 6. The molecule has 0 spiro atoms. The van der Waals surface area contributed by atoms with Crippen LogP contribution in [0.4, 0.5) is 10.1 Å². The van der Waals surface area contributed by atoms with Crippen LogP contribution in [0.1, 0.15) is 27.2 Å². The summed E-state index contributed by atoms with van der Waals surface area (Å²) in [5.74, 6) is -0.509. The monoisotopic (exact) mass is 349 g/mol. The number of halogens is 1. The van der Waals surface area contributed by atoms with Gasteiger partial charge in [-0.3, -0.25) is 9.78 Å². The van der Waals surface area contributed by atoms with Crippen LogP contribution in [0.3, 0.4) is 0 Å². The minimum absolute atomic E-state index is 0.250. The molecule has 1 amide bonds. The van der Waals surface area contributed by atoms with Gasteiger partial charge in [-0.2, -0.15) is 0 Å². The van der Waals surface area contributed by atoms with Gasteiger partial charge in [0.25, 0.3) is 5.91 Å². The second-order valence-electron chi connectivity index (χ2n) is 6.04. The van der Waals surface area contributed by atoms with Crippen LogP contribution in [0.2, 0.25) is 0 Å². The fourth-order valence-electron chi connectivity index (χ4n) is 2.48. The van der Waals surface area contributed by atoms with Crippen molar-refractivity contribution in [3.05, 3.63) is 95.1 Å². The molecule has 5 heteroatoms. The van der Waals surface area contributed by atoms with Crippen LogP contribution in [0.25, 0.3) is 0 Å². The first kappa shape index (κ1) is 17.6. The summed E-state index contributed by atoms with van der Waals surface area (Å²) in [7, 11) is 0. The number of aryl methyl sites for hydroxylation is 1. The third-order valence-electron chi connectivity index (χ3n) is 4.01. The van der Waals surface area contributed by atoms with E-state index in [1.54, 1.807) is 36.5 Å². The highest BCUT2D eigenvalue weighted by atomic mass is 19.1. The zero-order valence-corrected chi connectivity index (χ0v) is 14.5. The second kappa shape index (κ2) is 8.25. The first-order valence-electron chi connectivity index (χ1n) is 8.39. The van der Waals surface area contributed by atoms with Crippen molar-refractivity contribution in [2.75, 3.05) is 5.32 Å². The van der Waals surface area contributed by atoms with E-state index in [-0.39, 0.29) is 11.7 Å². The molecule has 0 aliphatic carbocycles. The SMILES string of the molecule is Cc1ccc(CNC(=O)c2cc(NCc3ccccc3F)ccn2)cc1. The van der Waals surface area contributed by atoms with Crippen molar-refractivity contribution in [1.29, 1.82) is 0 Å². The van der Waals surface area contributed by atoms with Gasteiger partial charge in [-0.25, -0.2) is 4.39 Å². The predicted octanol–water partition coefficient (Wildman–Crippen LogP) is 4.07. The van der Waals surface area contributed by atoms with Crippen LogP contribution in [0.15, 0.2) is 66.9 Å². The van der Waals surface area contributed by atoms with Gasteiger partial charge in [0.05, 0.1) is 0 Å². The highest BCUT2D eigenvalue weighted by molar-refractivity contribution is 5.93. The molecule has 4 nitrogen and oxygen atoms in total. The Kier molecular flexibility index (Phi) is 5.59. The number of aromatic nitrogens is 1. The van der Waals surface area contributed by atoms with Crippen LogP contribution in [0, 0.1) is 12.7 Å². The second-order valence-corrected chi connectivity index (χ2v) is 6.04. The number of hydrogen-bond donors (Lipinski definition) is 2. The minimum Gasteiger partial charge on any atom is -0.381 e. The van der Waals surface area contributed by atoms with E-state index in [1.165, 1.54) is 11.6 Å². The molecule has 3 rings (SSSR count). The molecule has 0 aliphatic heterocycles. The van der Waals surface area contributed by atoms with Crippen LogP contribution >= 0.6 is 0 Å². The largest absolute Gasteiger partial charge is 0.381 e. The summed E-state index contributed by atoms with van der Waals surface area (Å²) in [4.78, 5) is 16.4. The Hall–Kier alpha value is -3.21. The molecular formula is C21H20FN3O. The molecule has 0 bridgehead atoms. The smallest absolute Gasteiger partial charge is 0.270 e. The number of nitrogens with zero attached hydrogens (tertiary/aromatic N) is 1. The van der Waals surface area contributed by atoms with Crippen molar-refractivity contribution in [2.24, 2.45) is 0 Å². The maximum atomic E-state index is 13.7. The minimum atomic E-state index is -0.259.